The highest BCUT2D eigenvalue weighted by Crippen LogP contribution is 2.19. The number of hydrogen-bond acceptors (Lipinski definition) is 2. The zero-order chi connectivity index (χ0) is 13.8. The Morgan fingerprint density at radius 2 is 2.05 bits per heavy atom. The molecular formula is C15H13BrO3. The molecular weight excluding hydrogens is 308 g/mol. The van der Waals surface area contributed by atoms with Gasteiger partial charge >= 0.3 is 5.97 Å². The van der Waals surface area contributed by atoms with Crippen molar-refractivity contribution in [2.24, 2.45) is 0 Å². The van der Waals surface area contributed by atoms with Gasteiger partial charge in [-0.3, -0.25) is 0 Å². The summed E-state index contributed by atoms with van der Waals surface area (Å²) < 4.78 is 6.65. The number of ether oxygens (including phenoxy) is 1. The minimum Gasteiger partial charge on any atom is -0.489 e. The molecule has 3 nitrogen and oxygen atoms in total. The van der Waals surface area contributed by atoms with Crippen molar-refractivity contribution in [3.63, 3.8) is 0 Å². The van der Waals surface area contributed by atoms with Gasteiger partial charge in [0.2, 0.25) is 0 Å². The van der Waals surface area contributed by atoms with Gasteiger partial charge in [0, 0.05) is 4.47 Å². The molecule has 4 heteroatoms. The Kier molecular flexibility index (Phi) is 4.22. The molecule has 0 saturated carbocycles. The van der Waals surface area contributed by atoms with E-state index in [0.29, 0.717) is 23.5 Å². The molecule has 0 bridgehead atoms. The molecule has 0 saturated heterocycles. The molecule has 0 spiro atoms. The third kappa shape index (κ3) is 3.58. The van der Waals surface area contributed by atoms with Gasteiger partial charge < -0.3 is 9.84 Å². The Bertz CT molecular complexity index is 608. The second kappa shape index (κ2) is 5.89. The number of aromatic carboxylic acids is 1. The van der Waals surface area contributed by atoms with Gasteiger partial charge in [0.1, 0.15) is 12.4 Å². The summed E-state index contributed by atoms with van der Waals surface area (Å²) in [6.07, 6.45) is 0. The smallest absolute Gasteiger partial charge is 0.335 e. The zero-order valence-electron chi connectivity index (χ0n) is 10.4. The summed E-state index contributed by atoms with van der Waals surface area (Å²) in [6, 6.07) is 12.8. The standard InChI is InChI=1S/C15H13BrO3/c1-10-7-13(5-6-14(10)15(17)18)19-9-11-3-2-4-12(16)8-11/h2-8H,9H2,1H3,(H,17,18). The number of rotatable bonds is 4. The second-order valence-electron chi connectivity index (χ2n) is 4.20. The van der Waals surface area contributed by atoms with Gasteiger partial charge in [0.05, 0.1) is 5.56 Å². The Hall–Kier alpha value is -1.81. The van der Waals surface area contributed by atoms with E-state index in [1.807, 2.05) is 24.3 Å². The molecule has 2 aromatic carbocycles. The van der Waals surface area contributed by atoms with Crippen LogP contribution in [0.5, 0.6) is 5.75 Å². The van der Waals surface area contributed by atoms with Crippen molar-refractivity contribution >= 4 is 21.9 Å². The monoisotopic (exact) mass is 320 g/mol. The van der Waals surface area contributed by atoms with Crippen LogP contribution in [0.15, 0.2) is 46.9 Å². The summed E-state index contributed by atoms with van der Waals surface area (Å²) in [5, 5.41) is 8.95. The van der Waals surface area contributed by atoms with E-state index < -0.39 is 5.97 Å². The Morgan fingerprint density at radius 3 is 2.68 bits per heavy atom. The maximum atomic E-state index is 10.9. The van der Waals surface area contributed by atoms with Gasteiger partial charge in [0.25, 0.3) is 0 Å². The molecule has 98 valence electrons. The van der Waals surface area contributed by atoms with E-state index in [-0.39, 0.29) is 0 Å². The summed E-state index contributed by atoms with van der Waals surface area (Å²) in [7, 11) is 0. The van der Waals surface area contributed by atoms with Crippen LogP contribution in [0.25, 0.3) is 0 Å². The number of carbonyl (C=O) groups is 1. The lowest BCUT2D eigenvalue weighted by molar-refractivity contribution is 0.0696. The first-order valence-corrected chi connectivity index (χ1v) is 6.57. The highest BCUT2D eigenvalue weighted by molar-refractivity contribution is 9.10. The summed E-state index contributed by atoms with van der Waals surface area (Å²) in [6.45, 7) is 2.21. The molecule has 0 aliphatic rings. The lowest BCUT2D eigenvalue weighted by Crippen LogP contribution is -2.01. The highest BCUT2D eigenvalue weighted by Gasteiger charge is 2.07. The fraction of sp³-hybridized carbons (Fsp3) is 0.133. The van der Waals surface area contributed by atoms with E-state index in [0.717, 1.165) is 10.0 Å². The number of halogens is 1. The number of benzene rings is 2. The maximum Gasteiger partial charge on any atom is 0.335 e. The number of carboxylic acid groups (broad SMARTS) is 1. The molecule has 0 atom stereocenters. The van der Waals surface area contributed by atoms with Crippen molar-refractivity contribution in [3.05, 3.63) is 63.6 Å². The van der Waals surface area contributed by atoms with Gasteiger partial charge in [-0.1, -0.05) is 28.1 Å². The van der Waals surface area contributed by atoms with Crippen molar-refractivity contribution in [2.45, 2.75) is 13.5 Å². The molecule has 0 aliphatic carbocycles. The fourth-order valence-corrected chi connectivity index (χ4v) is 2.21. The third-order valence-corrected chi connectivity index (χ3v) is 3.22. The highest BCUT2D eigenvalue weighted by atomic mass is 79.9. The van der Waals surface area contributed by atoms with Crippen molar-refractivity contribution in [1.82, 2.24) is 0 Å². The van der Waals surface area contributed by atoms with Crippen LogP contribution in [0.2, 0.25) is 0 Å². The maximum absolute atomic E-state index is 10.9. The van der Waals surface area contributed by atoms with Crippen LogP contribution in [0.4, 0.5) is 0 Å². The molecule has 0 fully saturated rings. The zero-order valence-corrected chi connectivity index (χ0v) is 12.0. The van der Waals surface area contributed by atoms with Crippen molar-refractivity contribution in [3.8, 4) is 5.75 Å². The number of aryl methyl sites for hydroxylation is 1. The molecule has 0 amide bonds. The van der Waals surface area contributed by atoms with Gasteiger partial charge in [-0.25, -0.2) is 4.79 Å². The average Bonchev–Trinajstić information content (AvgIpc) is 2.36. The molecule has 0 aliphatic heterocycles. The molecule has 0 heterocycles. The summed E-state index contributed by atoms with van der Waals surface area (Å²) in [5.74, 6) is -0.251. The van der Waals surface area contributed by atoms with Gasteiger partial charge in [-0.15, -0.1) is 0 Å². The van der Waals surface area contributed by atoms with Crippen LogP contribution in [-0.4, -0.2) is 11.1 Å². The Balaban J connectivity index is 2.08. The minimum atomic E-state index is -0.920. The largest absolute Gasteiger partial charge is 0.489 e. The van der Waals surface area contributed by atoms with E-state index in [4.69, 9.17) is 9.84 Å². The first kappa shape index (κ1) is 13.6. The van der Waals surface area contributed by atoms with Gasteiger partial charge in [-0.05, 0) is 48.4 Å². The van der Waals surface area contributed by atoms with E-state index in [1.54, 1.807) is 25.1 Å². The molecule has 0 aromatic heterocycles. The van der Waals surface area contributed by atoms with Crippen molar-refractivity contribution < 1.29 is 14.6 Å². The quantitative estimate of drug-likeness (QED) is 0.924. The predicted molar refractivity (Wildman–Crippen MR) is 76.6 cm³/mol. The van der Waals surface area contributed by atoms with Crippen molar-refractivity contribution in [2.75, 3.05) is 0 Å². The van der Waals surface area contributed by atoms with Crippen LogP contribution in [-0.2, 0) is 6.61 Å². The average molecular weight is 321 g/mol. The van der Waals surface area contributed by atoms with Crippen LogP contribution in [0.1, 0.15) is 21.5 Å². The number of carboxylic acids is 1. The Morgan fingerprint density at radius 1 is 1.26 bits per heavy atom. The Labute approximate surface area is 120 Å². The molecule has 1 N–H and O–H groups in total. The fourth-order valence-electron chi connectivity index (χ4n) is 1.76. The SMILES string of the molecule is Cc1cc(OCc2cccc(Br)c2)ccc1C(=O)O. The first-order valence-electron chi connectivity index (χ1n) is 5.77. The van der Waals surface area contributed by atoms with E-state index in [2.05, 4.69) is 15.9 Å². The summed E-state index contributed by atoms with van der Waals surface area (Å²) in [4.78, 5) is 10.9. The van der Waals surface area contributed by atoms with Crippen LogP contribution in [0, 0.1) is 6.92 Å². The second-order valence-corrected chi connectivity index (χ2v) is 5.12. The number of hydrogen-bond donors (Lipinski definition) is 1. The third-order valence-electron chi connectivity index (χ3n) is 2.72. The van der Waals surface area contributed by atoms with E-state index >= 15 is 0 Å². The van der Waals surface area contributed by atoms with Crippen LogP contribution in [0.3, 0.4) is 0 Å². The molecule has 2 rings (SSSR count). The van der Waals surface area contributed by atoms with Gasteiger partial charge in [0.15, 0.2) is 0 Å². The topological polar surface area (TPSA) is 46.5 Å². The van der Waals surface area contributed by atoms with Crippen LogP contribution < -0.4 is 4.74 Å². The molecule has 19 heavy (non-hydrogen) atoms. The van der Waals surface area contributed by atoms with E-state index in [1.165, 1.54) is 0 Å². The van der Waals surface area contributed by atoms with Crippen molar-refractivity contribution in [1.29, 1.82) is 0 Å². The lowest BCUT2D eigenvalue weighted by Gasteiger charge is -2.08. The normalized spacial score (nSPS) is 10.2. The van der Waals surface area contributed by atoms with Crippen LogP contribution >= 0.6 is 15.9 Å². The molecule has 2 aromatic rings. The predicted octanol–water partition coefficient (Wildman–Crippen LogP) is 4.03. The minimum absolute atomic E-state index is 0.301. The molecule has 0 unspecified atom stereocenters. The lowest BCUT2D eigenvalue weighted by atomic mass is 10.1. The summed E-state index contributed by atoms with van der Waals surface area (Å²) >= 11 is 3.40. The molecule has 0 radical (unpaired) electrons. The first-order chi connectivity index (χ1) is 9.06. The van der Waals surface area contributed by atoms with E-state index in [9.17, 15) is 4.79 Å². The van der Waals surface area contributed by atoms with Gasteiger partial charge in [-0.2, -0.15) is 0 Å². The summed E-state index contributed by atoms with van der Waals surface area (Å²) in [5.41, 5.74) is 2.04.